The fraction of sp³-hybridized carbons (Fsp3) is 0.667. The molecule has 1 unspecified atom stereocenters. The van der Waals surface area contributed by atoms with E-state index in [0.29, 0.717) is 11.8 Å². The Kier molecular flexibility index (Phi) is 2.20. The minimum atomic E-state index is 0.646. The Labute approximate surface area is 90.1 Å². The first-order valence-corrected chi connectivity index (χ1v) is 5.91. The van der Waals surface area contributed by atoms with Crippen molar-refractivity contribution in [2.45, 2.75) is 38.0 Å². The lowest BCUT2D eigenvalue weighted by molar-refractivity contribution is 0.460. The van der Waals surface area contributed by atoms with Crippen LogP contribution in [0.15, 0.2) is 6.20 Å². The number of hydrogen-bond donors (Lipinski definition) is 1. The maximum atomic E-state index is 5.71. The molecular weight excluding hydrogens is 186 g/mol. The summed E-state index contributed by atoms with van der Waals surface area (Å²) in [5.41, 5.74) is 8.33. The Morgan fingerprint density at radius 3 is 2.93 bits per heavy atom. The standard InChI is InChI=1S/C12H17N3/c13-6-8-1-4-11-10(5-8)7-14-12(15-11)9-2-3-9/h7-9H,1-6,13H2. The molecule has 1 aromatic rings. The second-order valence-electron chi connectivity index (χ2n) is 4.82. The lowest BCUT2D eigenvalue weighted by Crippen LogP contribution is -2.23. The van der Waals surface area contributed by atoms with Crippen LogP contribution in [0.25, 0.3) is 0 Å². The van der Waals surface area contributed by atoms with Crippen LogP contribution in [0.5, 0.6) is 0 Å². The molecule has 3 nitrogen and oxygen atoms in total. The van der Waals surface area contributed by atoms with Gasteiger partial charge in [0.05, 0.1) is 0 Å². The normalized spacial score (nSPS) is 25.0. The van der Waals surface area contributed by atoms with Crippen LogP contribution in [0, 0.1) is 5.92 Å². The smallest absolute Gasteiger partial charge is 0.131 e. The molecule has 1 atom stereocenters. The largest absolute Gasteiger partial charge is 0.330 e. The van der Waals surface area contributed by atoms with Crippen molar-refractivity contribution in [3.63, 3.8) is 0 Å². The summed E-state index contributed by atoms with van der Waals surface area (Å²) in [7, 11) is 0. The molecular formula is C12H17N3. The Morgan fingerprint density at radius 2 is 2.20 bits per heavy atom. The summed E-state index contributed by atoms with van der Waals surface area (Å²) in [5.74, 6) is 2.40. The Hall–Kier alpha value is -0.960. The number of fused-ring (bicyclic) bond motifs is 1. The molecule has 0 spiro atoms. The molecule has 3 heteroatoms. The molecule has 15 heavy (non-hydrogen) atoms. The van der Waals surface area contributed by atoms with Gasteiger partial charge in [0.2, 0.25) is 0 Å². The van der Waals surface area contributed by atoms with Crippen molar-refractivity contribution < 1.29 is 0 Å². The van der Waals surface area contributed by atoms with E-state index < -0.39 is 0 Å². The molecule has 2 aliphatic carbocycles. The minimum Gasteiger partial charge on any atom is -0.330 e. The zero-order valence-corrected chi connectivity index (χ0v) is 8.95. The van der Waals surface area contributed by atoms with E-state index in [1.165, 1.54) is 30.5 Å². The highest BCUT2D eigenvalue weighted by Gasteiger charge is 2.28. The molecule has 1 fully saturated rings. The van der Waals surface area contributed by atoms with E-state index in [9.17, 15) is 0 Å². The number of aromatic nitrogens is 2. The van der Waals surface area contributed by atoms with E-state index >= 15 is 0 Å². The topological polar surface area (TPSA) is 51.8 Å². The maximum absolute atomic E-state index is 5.71. The molecule has 2 N–H and O–H groups in total. The number of hydrogen-bond acceptors (Lipinski definition) is 3. The first-order chi connectivity index (χ1) is 7.36. The first kappa shape index (κ1) is 9.28. The molecule has 80 valence electrons. The molecule has 0 saturated heterocycles. The van der Waals surface area contributed by atoms with Gasteiger partial charge in [0.1, 0.15) is 5.82 Å². The van der Waals surface area contributed by atoms with E-state index in [4.69, 9.17) is 10.7 Å². The molecule has 0 radical (unpaired) electrons. The lowest BCUT2D eigenvalue weighted by Gasteiger charge is -2.22. The highest BCUT2D eigenvalue weighted by molar-refractivity contribution is 5.23. The highest BCUT2D eigenvalue weighted by Crippen LogP contribution is 2.38. The molecule has 1 aromatic heterocycles. The van der Waals surface area contributed by atoms with Gasteiger partial charge in [-0.2, -0.15) is 0 Å². The summed E-state index contributed by atoms with van der Waals surface area (Å²) < 4.78 is 0. The van der Waals surface area contributed by atoms with Gasteiger partial charge < -0.3 is 5.73 Å². The third kappa shape index (κ3) is 1.76. The van der Waals surface area contributed by atoms with Crippen molar-refractivity contribution in [3.05, 3.63) is 23.3 Å². The first-order valence-electron chi connectivity index (χ1n) is 5.91. The van der Waals surface area contributed by atoms with Crippen molar-refractivity contribution >= 4 is 0 Å². The van der Waals surface area contributed by atoms with Crippen LogP contribution in [-0.2, 0) is 12.8 Å². The van der Waals surface area contributed by atoms with Gasteiger partial charge in [0.25, 0.3) is 0 Å². The fourth-order valence-electron chi connectivity index (χ4n) is 2.34. The fourth-order valence-corrected chi connectivity index (χ4v) is 2.34. The summed E-state index contributed by atoms with van der Waals surface area (Å²) >= 11 is 0. The average Bonchev–Trinajstić information content (AvgIpc) is 3.11. The summed E-state index contributed by atoms with van der Waals surface area (Å²) in [6.45, 7) is 0.795. The van der Waals surface area contributed by atoms with Crippen LogP contribution in [0.1, 0.15) is 42.3 Å². The predicted molar refractivity (Wildman–Crippen MR) is 58.6 cm³/mol. The number of nitrogens with two attached hydrogens (primary N) is 1. The molecule has 0 aromatic carbocycles. The molecule has 0 aliphatic heterocycles. The van der Waals surface area contributed by atoms with Crippen LogP contribution >= 0.6 is 0 Å². The molecule has 1 heterocycles. The average molecular weight is 203 g/mol. The highest BCUT2D eigenvalue weighted by atomic mass is 14.9. The Morgan fingerprint density at radius 1 is 1.33 bits per heavy atom. The number of aryl methyl sites for hydroxylation is 1. The van der Waals surface area contributed by atoms with Crippen molar-refractivity contribution in [3.8, 4) is 0 Å². The SMILES string of the molecule is NCC1CCc2nc(C3CC3)ncc2C1. The summed E-state index contributed by atoms with van der Waals surface area (Å²) in [6.07, 6.45) is 7.98. The van der Waals surface area contributed by atoms with Crippen LogP contribution in [0.3, 0.4) is 0 Å². The number of nitrogens with zero attached hydrogens (tertiary/aromatic N) is 2. The molecule has 0 amide bonds. The second-order valence-corrected chi connectivity index (χ2v) is 4.82. The van der Waals surface area contributed by atoms with Crippen molar-refractivity contribution in [2.75, 3.05) is 6.54 Å². The zero-order chi connectivity index (χ0) is 10.3. The Balaban J connectivity index is 1.86. The van der Waals surface area contributed by atoms with Crippen molar-refractivity contribution in [1.29, 1.82) is 0 Å². The lowest BCUT2D eigenvalue weighted by atomic mass is 9.87. The molecule has 2 aliphatic rings. The van der Waals surface area contributed by atoms with Gasteiger partial charge in [-0.1, -0.05) is 0 Å². The quantitative estimate of drug-likeness (QED) is 0.790. The van der Waals surface area contributed by atoms with Gasteiger partial charge in [-0.15, -0.1) is 0 Å². The van der Waals surface area contributed by atoms with Crippen molar-refractivity contribution in [2.24, 2.45) is 11.7 Å². The van der Waals surface area contributed by atoms with E-state index in [2.05, 4.69) is 4.98 Å². The van der Waals surface area contributed by atoms with E-state index in [0.717, 1.165) is 25.2 Å². The predicted octanol–water partition coefficient (Wildman–Crippen LogP) is 1.42. The zero-order valence-electron chi connectivity index (χ0n) is 8.95. The number of rotatable bonds is 2. The van der Waals surface area contributed by atoms with Gasteiger partial charge in [0.15, 0.2) is 0 Å². The molecule has 1 saturated carbocycles. The van der Waals surface area contributed by atoms with E-state index in [1.54, 1.807) is 0 Å². The summed E-state index contributed by atoms with van der Waals surface area (Å²) in [4.78, 5) is 9.16. The van der Waals surface area contributed by atoms with Gasteiger partial charge in [-0.25, -0.2) is 9.97 Å². The second kappa shape index (κ2) is 3.56. The monoisotopic (exact) mass is 203 g/mol. The maximum Gasteiger partial charge on any atom is 0.131 e. The summed E-state index contributed by atoms with van der Waals surface area (Å²) in [5, 5.41) is 0. The van der Waals surface area contributed by atoms with Crippen LogP contribution < -0.4 is 5.73 Å². The molecule has 3 rings (SSSR count). The van der Waals surface area contributed by atoms with E-state index in [1.807, 2.05) is 6.20 Å². The van der Waals surface area contributed by atoms with Crippen LogP contribution in [0.4, 0.5) is 0 Å². The third-order valence-corrected chi connectivity index (χ3v) is 3.55. The van der Waals surface area contributed by atoms with Crippen LogP contribution in [-0.4, -0.2) is 16.5 Å². The van der Waals surface area contributed by atoms with Gasteiger partial charge in [0, 0.05) is 17.8 Å². The minimum absolute atomic E-state index is 0.646. The van der Waals surface area contributed by atoms with Gasteiger partial charge >= 0.3 is 0 Å². The third-order valence-electron chi connectivity index (χ3n) is 3.55. The summed E-state index contributed by atoms with van der Waals surface area (Å²) in [6, 6.07) is 0. The molecule has 0 bridgehead atoms. The van der Waals surface area contributed by atoms with Gasteiger partial charge in [-0.3, -0.25) is 0 Å². The van der Waals surface area contributed by atoms with Crippen LogP contribution in [0.2, 0.25) is 0 Å². The Bertz CT molecular complexity index is 371. The van der Waals surface area contributed by atoms with Crippen molar-refractivity contribution in [1.82, 2.24) is 9.97 Å². The van der Waals surface area contributed by atoms with Gasteiger partial charge in [-0.05, 0) is 50.1 Å². The van der Waals surface area contributed by atoms with E-state index in [-0.39, 0.29) is 0 Å².